The molecule has 0 amide bonds. The van der Waals surface area contributed by atoms with E-state index in [4.69, 9.17) is 23.2 Å². The number of esters is 2. The zero-order valence-electron chi connectivity index (χ0n) is 10.4. The minimum Gasteiger partial charge on any atom is -0.464 e. The number of fused-ring (bicyclic) bond motifs is 1. The van der Waals surface area contributed by atoms with Gasteiger partial charge in [-0.15, -0.1) is 0 Å². The predicted octanol–water partition coefficient (Wildman–Crippen LogP) is 2.51. The molecule has 0 spiro atoms. The molecule has 1 aromatic heterocycles. The predicted molar refractivity (Wildman–Crippen MR) is 72.2 cm³/mol. The van der Waals surface area contributed by atoms with Crippen LogP contribution in [0, 0.1) is 0 Å². The monoisotopic (exact) mass is 314 g/mol. The molecule has 0 saturated heterocycles. The molecule has 2 aromatic rings. The lowest BCUT2D eigenvalue weighted by molar-refractivity contribution is 0.0545. The molecule has 0 atom stereocenters. The summed E-state index contributed by atoms with van der Waals surface area (Å²) in [7, 11) is 2.34. The second-order valence-electron chi connectivity index (χ2n) is 3.66. The normalized spacial score (nSPS) is 10.4. The lowest BCUT2D eigenvalue weighted by Crippen LogP contribution is -2.16. The number of rotatable bonds is 2. The SMILES string of the molecule is COC(=O)c1nc2cc(Cl)c(Cl)cc2nc1C(=O)OC. The van der Waals surface area contributed by atoms with Gasteiger partial charge in [-0.2, -0.15) is 0 Å². The fourth-order valence-electron chi connectivity index (χ4n) is 1.53. The van der Waals surface area contributed by atoms with E-state index in [2.05, 4.69) is 19.4 Å². The maximum absolute atomic E-state index is 11.7. The van der Waals surface area contributed by atoms with Crippen molar-refractivity contribution >= 4 is 46.2 Å². The van der Waals surface area contributed by atoms with Crippen molar-refractivity contribution in [2.45, 2.75) is 0 Å². The molecule has 0 saturated carbocycles. The van der Waals surface area contributed by atoms with E-state index in [0.29, 0.717) is 11.0 Å². The number of benzene rings is 1. The van der Waals surface area contributed by atoms with E-state index >= 15 is 0 Å². The molecule has 0 radical (unpaired) electrons. The summed E-state index contributed by atoms with van der Waals surface area (Å²) in [5, 5.41) is 0.519. The first kappa shape index (κ1) is 14.5. The van der Waals surface area contributed by atoms with Gasteiger partial charge in [-0.1, -0.05) is 23.2 Å². The summed E-state index contributed by atoms with van der Waals surface area (Å²) in [5.74, 6) is -1.60. The Labute approximate surface area is 123 Å². The van der Waals surface area contributed by atoms with Gasteiger partial charge < -0.3 is 9.47 Å². The fourth-order valence-corrected chi connectivity index (χ4v) is 1.85. The van der Waals surface area contributed by atoms with Crippen LogP contribution in [-0.2, 0) is 9.47 Å². The van der Waals surface area contributed by atoms with Crippen LogP contribution in [0.1, 0.15) is 21.0 Å². The lowest BCUT2D eigenvalue weighted by atomic mass is 10.2. The number of ether oxygens (including phenoxy) is 2. The van der Waals surface area contributed by atoms with Crippen LogP contribution in [0.25, 0.3) is 11.0 Å². The Morgan fingerprint density at radius 1 is 0.900 bits per heavy atom. The number of methoxy groups -OCH3 is 2. The minimum atomic E-state index is -0.800. The molecule has 0 unspecified atom stereocenters. The molecule has 104 valence electrons. The van der Waals surface area contributed by atoms with Crippen molar-refractivity contribution in [1.29, 1.82) is 0 Å². The average Bonchev–Trinajstić information content (AvgIpc) is 2.45. The van der Waals surface area contributed by atoms with E-state index in [1.807, 2.05) is 0 Å². The Morgan fingerprint density at radius 2 is 1.25 bits per heavy atom. The van der Waals surface area contributed by atoms with E-state index in [1.54, 1.807) is 0 Å². The van der Waals surface area contributed by atoms with E-state index in [-0.39, 0.29) is 21.4 Å². The summed E-state index contributed by atoms with van der Waals surface area (Å²) >= 11 is 11.8. The van der Waals surface area contributed by atoms with Gasteiger partial charge in [-0.05, 0) is 12.1 Å². The third kappa shape index (κ3) is 2.52. The molecule has 20 heavy (non-hydrogen) atoms. The highest BCUT2D eigenvalue weighted by Gasteiger charge is 2.23. The maximum atomic E-state index is 11.7. The molecule has 2 rings (SSSR count). The summed E-state index contributed by atoms with van der Waals surface area (Å²) in [5.41, 5.74) is 0.135. The van der Waals surface area contributed by atoms with Gasteiger partial charge in [-0.3, -0.25) is 0 Å². The molecule has 0 aliphatic heterocycles. The second-order valence-corrected chi connectivity index (χ2v) is 4.47. The van der Waals surface area contributed by atoms with Crippen molar-refractivity contribution in [2.75, 3.05) is 14.2 Å². The highest BCUT2D eigenvalue weighted by Crippen LogP contribution is 2.26. The van der Waals surface area contributed by atoms with Crippen LogP contribution in [0.15, 0.2) is 12.1 Å². The Bertz CT molecular complexity index is 658. The van der Waals surface area contributed by atoms with Gasteiger partial charge in [0, 0.05) is 0 Å². The molecule has 0 fully saturated rings. The van der Waals surface area contributed by atoms with Gasteiger partial charge in [0.1, 0.15) is 0 Å². The number of carbonyl (C=O) groups excluding carboxylic acids is 2. The molecular weight excluding hydrogens is 307 g/mol. The third-order valence-corrected chi connectivity index (χ3v) is 3.19. The molecule has 1 heterocycles. The van der Waals surface area contributed by atoms with Crippen LogP contribution in [-0.4, -0.2) is 36.1 Å². The van der Waals surface area contributed by atoms with Gasteiger partial charge >= 0.3 is 11.9 Å². The first-order chi connectivity index (χ1) is 9.47. The van der Waals surface area contributed by atoms with Crippen LogP contribution in [0.5, 0.6) is 0 Å². The second kappa shape index (κ2) is 5.60. The van der Waals surface area contributed by atoms with Crippen LogP contribution < -0.4 is 0 Å². The topological polar surface area (TPSA) is 78.4 Å². The molecule has 8 heteroatoms. The van der Waals surface area contributed by atoms with Gasteiger partial charge in [-0.25, -0.2) is 19.6 Å². The average molecular weight is 315 g/mol. The first-order valence-corrected chi connectivity index (χ1v) is 6.07. The van der Waals surface area contributed by atoms with Gasteiger partial charge in [0.05, 0.1) is 35.3 Å². The summed E-state index contributed by atoms with van der Waals surface area (Å²) in [6.07, 6.45) is 0. The Balaban J connectivity index is 2.77. The summed E-state index contributed by atoms with van der Waals surface area (Å²) in [6, 6.07) is 2.89. The Hall–Kier alpha value is -1.92. The van der Waals surface area contributed by atoms with Crippen molar-refractivity contribution in [3.05, 3.63) is 33.6 Å². The lowest BCUT2D eigenvalue weighted by Gasteiger charge is -2.07. The van der Waals surface area contributed by atoms with E-state index < -0.39 is 11.9 Å². The molecule has 1 aromatic carbocycles. The zero-order valence-corrected chi connectivity index (χ0v) is 11.9. The largest absolute Gasteiger partial charge is 0.464 e. The van der Waals surface area contributed by atoms with Crippen molar-refractivity contribution in [2.24, 2.45) is 0 Å². The fraction of sp³-hybridized carbons (Fsp3) is 0.167. The van der Waals surface area contributed by atoms with Gasteiger partial charge in [0.2, 0.25) is 0 Å². The van der Waals surface area contributed by atoms with Crippen LogP contribution in [0.3, 0.4) is 0 Å². The van der Waals surface area contributed by atoms with E-state index in [0.717, 1.165) is 0 Å². The number of aromatic nitrogens is 2. The highest BCUT2D eigenvalue weighted by atomic mass is 35.5. The molecule has 0 aliphatic rings. The molecule has 0 N–H and O–H groups in total. The third-order valence-electron chi connectivity index (χ3n) is 2.46. The number of halogens is 2. The number of hydrogen-bond donors (Lipinski definition) is 0. The smallest absolute Gasteiger partial charge is 0.359 e. The standard InChI is InChI=1S/C12H8Cl2N2O4/c1-19-11(17)9-10(12(18)20-2)16-8-4-6(14)5(13)3-7(8)15-9/h3-4H,1-2H3. The Morgan fingerprint density at radius 3 is 1.55 bits per heavy atom. The quantitative estimate of drug-likeness (QED) is 0.792. The molecule has 6 nitrogen and oxygen atoms in total. The van der Waals surface area contributed by atoms with Crippen LogP contribution in [0.4, 0.5) is 0 Å². The van der Waals surface area contributed by atoms with Crippen molar-refractivity contribution in [3.8, 4) is 0 Å². The van der Waals surface area contributed by atoms with Crippen molar-refractivity contribution in [3.63, 3.8) is 0 Å². The number of carbonyl (C=O) groups is 2. The summed E-state index contributed by atoms with van der Waals surface area (Å²) in [4.78, 5) is 31.4. The number of hydrogen-bond acceptors (Lipinski definition) is 6. The summed E-state index contributed by atoms with van der Waals surface area (Å²) in [6.45, 7) is 0. The highest BCUT2D eigenvalue weighted by molar-refractivity contribution is 6.42. The summed E-state index contributed by atoms with van der Waals surface area (Å²) < 4.78 is 9.13. The molecule has 0 bridgehead atoms. The number of nitrogens with zero attached hydrogens (tertiary/aromatic N) is 2. The van der Waals surface area contributed by atoms with E-state index in [9.17, 15) is 9.59 Å². The van der Waals surface area contributed by atoms with E-state index in [1.165, 1.54) is 26.4 Å². The minimum absolute atomic E-state index is 0.245. The van der Waals surface area contributed by atoms with Crippen LogP contribution in [0.2, 0.25) is 10.0 Å². The molecule has 0 aliphatic carbocycles. The van der Waals surface area contributed by atoms with Gasteiger partial charge in [0.15, 0.2) is 11.4 Å². The van der Waals surface area contributed by atoms with Gasteiger partial charge in [0.25, 0.3) is 0 Å². The van der Waals surface area contributed by atoms with Crippen LogP contribution >= 0.6 is 23.2 Å². The molecular formula is C12H8Cl2N2O4. The maximum Gasteiger partial charge on any atom is 0.359 e. The van der Waals surface area contributed by atoms with Crippen molar-refractivity contribution in [1.82, 2.24) is 9.97 Å². The zero-order chi connectivity index (χ0) is 14.9. The Kier molecular flexibility index (Phi) is 4.06. The van der Waals surface area contributed by atoms with Crippen molar-refractivity contribution < 1.29 is 19.1 Å². The first-order valence-electron chi connectivity index (χ1n) is 5.31.